The third kappa shape index (κ3) is 3.66. The van der Waals surface area contributed by atoms with Crippen LogP contribution in [0.25, 0.3) is 10.8 Å². The highest BCUT2D eigenvalue weighted by atomic mass is 32.2. The Morgan fingerprint density at radius 1 is 1.03 bits per heavy atom. The van der Waals surface area contributed by atoms with E-state index in [0.29, 0.717) is 24.3 Å². The van der Waals surface area contributed by atoms with E-state index < -0.39 is 27.0 Å². The van der Waals surface area contributed by atoms with E-state index >= 15 is 0 Å². The Labute approximate surface area is 165 Å². The minimum absolute atomic E-state index is 0.129. The maximum Gasteiger partial charge on any atom is 0.273 e. The molecule has 10 heteroatoms. The molecule has 0 radical (unpaired) electrons. The summed E-state index contributed by atoms with van der Waals surface area (Å²) in [5.41, 5.74) is 0.0659. The Hall–Kier alpha value is -3.40. The number of hydrogen-bond donors (Lipinski definition) is 2. The number of carbonyl (C=O) groups is 1. The van der Waals surface area contributed by atoms with E-state index in [-0.39, 0.29) is 23.1 Å². The summed E-state index contributed by atoms with van der Waals surface area (Å²) in [4.78, 5) is 36.9. The molecule has 1 aromatic heterocycles. The zero-order valence-corrected chi connectivity index (χ0v) is 16.1. The largest absolute Gasteiger partial charge is 0.324 e. The third-order valence-corrected chi connectivity index (χ3v) is 6.59. The van der Waals surface area contributed by atoms with E-state index in [4.69, 9.17) is 0 Å². The molecule has 1 saturated heterocycles. The van der Waals surface area contributed by atoms with E-state index in [1.807, 2.05) is 0 Å². The number of aromatic nitrogens is 2. The molecule has 0 unspecified atom stereocenters. The van der Waals surface area contributed by atoms with Gasteiger partial charge in [-0.1, -0.05) is 12.1 Å². The molecule has 3 aromatic rings. The second-order valence-electron chi connectivity index (χ2n) is 6.71. The summed E-state index contributed by atoms with van der Waals surface area (Å²) < 4.78 is 26.3. The van der Waals surface area contributed by atoms with Gasteiger partial charge in [0, 0.05) is 12.2 Å². The molecule has 0 aliphatic carbocycles. The molecule has 0 atom stereocenters. The molecule has 150 valence electrons. The Bertz CT molecular complexity index is 1310. The van der Waals surface area contributed by atoms with Crippen LogP contribution in [0, 0.1) is 0 Å². The van der Waals surface area contributed by atoms with Crippen molar-refractivity contribution in [3.05, 3.63) is 69.2 Å². The smallest absolute Gasteiger partial charge is 0.273 e. The van der Waals surface area contributed by atoms with Crippen molar-refractivity contribution in [1.29, 1.82) is 0 Å². The average Bonchev–Trinajstić information content (AvgIpc) is 3.05. The van der Waals surface area contributed by atoms with E-state index in [2.05, 4.69) is 10.4 Å². The molecule has 0 spiro atoms. The number of hydrogen-bond acceptors (Lipinski definition) is 5. The maximum absolute atomic E-state index is 12.5. The summed E-state index contributed by atoms with van der Waals surface area (Å²) >= 11 is 0. The summed E-state index contributed by atoms with van der Waals surface area (Å²) in [5.74, 6) is -0.371. The number of rotatable bonds is 4. The van der Waals surface area contributed by atoms with Gasteiger partial charge in [-0.2, -0.15) is 0 Å². The van der Waals surface area contributed by atoms with Gasteiger partial charge in [0.2, 0.25) is 15.9 Å². The van der Waals surface area contributed by atoms with E-state index in [0.717, 1.165) is 4.68 Å². The van der Waals surface area contributed by atoms with Crippen LogP contribution >= 0.6 is 0 Å². The number of fused-ring (bicyclic) bond motifs is 1. The minimum atomic E-state index is -3.27. The Morgan fingerprint density at radius 2 is 1.72 bits per heavy atom. The highest BCUT2D eigenvalue weighted by Crippen LogP contribution is 2.25. The van der Waals surface area contributed by atoms with Gasteiger partial charge in [-0.05, 0) is 42.8 Å². The quantitative estimate of drug-likeness (QED) is 0.656. The number of aromatic amines is 1. The molecule has 9 nitrogen and oxygen atoms in total. The average molecular weight is 414 g/mol. The SMILES string of the molecule is O=C(Cn1[nH]c(=O)c2ccccc2c1=O)Nc1ccc(N2CCCS2(=O)=O)cc1. The normalized spacial score (nSPS) is 15.5. The van der Waals surface area contributed by atoms with Crippen LogP contribution in [0.4, 0.5) is 11.4 Å². The van der Waals surface area contributed by atoms with Gasteiger partial charge in [0.1, 0.15) is 6.54 Å². The standard InChI is InChI=1S/C19H18N4O5S/c24-17(12-22-19(26)16-5-2-1-4-15(16)18(25)21-22)20-13-6-8-14(9-7-13)23-10-3-11-29(23,27)28/h1-2,4-9H,3,10-12H2,(H,20,24)(H,21,25). The van der Waals surface area contributed by atoms with Crippen LogP contribution in [0.1, 0.15) is 6.42 Å². The van der Waals surface area contributed by atoms with E-state index in [1.165, 1.54) is 10.4 Å². The fourth-order valence-corrected chi connectivity index (χ4v) is 4.91. The number of anilines is 2. The second-order valence-corrected chi connectivity index (χ2v) is 8.73. The van der Waals surface area contributed by atoms with Crippen molar-refractivity contribution in [2.75, 3.05) is 21.9 Å². The molecule has 0 bridgehead atoms. The van der Waals surface area contributed by atoms with Crippen molar-refractivity contribution in [2.24, 2.45) is 0 Å². The molecular formula is C19H18N4O5S. The van der Waals surface area contributed by atoms with Crippen LogP contribution < -0.4 is 20.7 Å². The lowest BCUT2D eigenvalue weighted by atomic mass is 10.2. The van der Waals surface area contributed by atoms with Crippen LogP contribution in [0.5, 0.6) is 0 Å². The zero-order chi connectivity index (χ0) is 20.6. The molecule has 2 heterocycles. The highest BCUT2D eigenvalue weighted by Gasteiger charge is 2.28. The van der Waals surface area contributed by atoms with E-state index in [9.17, 15) is 22.8 Å². The van der Waals surface area contributed by atoms with Crippen molar-refractivity contribution in [3.63, 3.8) is 0 Å². The van der Waals surface area contributed by atoms with Crippen molar-refractivity contribution >= 4 is 38.1 Å². The Kier molecular flexibility index (Phi) is 4.71. The molecule has 2 aromatic carbocycles. The monoisotopic (exact) mass is 414 g/mol. The van der Waals surface area contributed by atoms with Crippen LogP contribution in [-0.4, -0.2) is 36.4 Å². The van der Waals surface area contributed by atoms with Gasteiger partial charge in [-0.25, -0.2) is 13.1 Å². The predicted molar refractivity (Wildman–Crippen MR) is 110 cm³/mol. The fourth-order valence-electron chi connectivity index (χ4n) is 3.34. The van der Waals surface area contributed by atoms with Gasteiger partial charge in [-0.3, -0.25) is 23.8 Å². The highest BCUT2D eigenvalue weighted by molar-refractivity contribution is 7.93. The summed E-state index contributed by atoms with van der Waals surface area (Å²) in [5, 5.41) is 5.54. The van der Waals surface area contributed by atoms with Gasteiger partial charge in [-0.15, -0.1) is 0 Å². The van der Waals surface area contributed by atoms with Crippen LogP contribution in [-0.2, 0) is 21.4 Å². The molecule has 1 fully saturated rings. The molecular weight excluding hydrogens is 396 g/mol. The number of H-pyrrole nitrogens is 1. The molecule has 2 N–H and O–H groups in total. The van der Waals surface area contributed by atoms with Gasteiger partial charge in [0.05, 0.1) is 22.2 Å². The van der Waals surface area contributed by atoms with Crippen LogP contribution in [0.15, 0.2) is 58.1 Å². The van der Waals surface area contributed by atoms with E-state index in [1.54, 1.807) is 42.5 Å². The predicted octanol–water partition coefficient (Wildman–Crippen LogP) is 0.868. The minimum Gasteiger partial charge on any atom is -0.324 e. The first kappa shape index (κ1) is 18.9. The van der Waals surface area contributed by atoms with Crippen molar-refractivity contribution in [3.8, 4) is 0 Å². The summed E-state index contributed by atoms with van der Waals surface area (Å²) in [6.45, 7) is 0.0768. The molecule has 1 aliphatic rings. The summed E-state index contributed by atoms with van der Waals surface area (Å²) in [6.07, 6.45) is 0.583. The number of amides is 1. The third-order valence-electron chi connectivity index (χ3n) is 4.72. The topological polar surface area (TPSA) is 121 Å². The Morgan fingerprint density at radius 3 is 2.38 bits per heavy atom. The second kappa shape index (κ2) is 7.21. The molecule has 1 amide bonds. The van der Waals surface area contributed by atoms with Crippen molar-refractivity contribution < 1.29 is 13.2 Å². The Balaban J connectivity index is 1.51. The molecule has 29 heavy (non-hydrogen) atoms. The van der Waals surface area contributed by atoms with Gasteiger partial charge < -0.3 is 5.32 Å². The zero-order valence-electron chi connectivity index (χ0n) is 15.3. The number of nitrogens with one attached hydrogen (secondary N) is 2. The number of benzene rings is 2. The molecule has 1 aliphatic heterocycles. The van der Waals surface area contributed by atoms with Crippen molar-refractivity contribution in [1.82, 2.24) is 9.78 Å². The summed E-state index contributed by atoms with van der Waals surface area (Å²) in [6, 6.07) is 12.8. The first-order chi connectivity index (χ1) is 13.8. The molecule has 4 rings (SSSR count). The van der Waals surface area contributed by atoms with Crippen LogP contribution in [0.2, 0.25) is 0 Å². The lowest BCUT2D eigenvalue weighted by Crippen LogP contribution is -2.34. The number of nitrogens with zero attached hydrogens (tertiary/aromatic N) is 2. The van der Waals surface area contributed by atoms with Gasteiger partial charge in [0.25, 0.3) is 11.1 Å². The van der Waals surface area contributed by atoms with Gasteiger partial charge >= 0.3 is 0 Å². The number of sulfonamides is 1. The first-order valence-corrected chi connectivity index (χ1v) is 10.6. The molecule has 0 saturated carbocycles. The fraction of sp³-hybridized carbons (Fsp3) is 0.211. The van der Waals surface area contributed by atoms with Crippen LogP contribution in [0.3, 0.4) is 0 Å². The van der Waals surface area contributed by atoms with Gasteiger partial charge in [0.15, 0.2) is 0 Å². The summed E-state index contributed by atoms with van der Waals surface area (Å²) in [7, 11) is -3.27. The number of carbonyl (C=O) groups excluding carboxylic acids is 1. The first-order valence-electron chi connectivity index (χ1n) is 8.97. The van der Waals surface area contributed by atoms with Crippen molar-refractivity contribution in [2.45, 2.75) is 13.0 Å². The maximum atomic E-state index is 12.5. The lowest BCUT2D eigenvalue weighted by Gasteiger charge is -2.17. The lowest BCUT2D eigenvalue weighted by molar-refractivity contribution is -0.117.